The van der Waals surface area contributed by atoms with Crippen LogP contribution in [0, 0.1) is 0 Å². The first-order chi connectivity index (χ1) is 12.0. The van der Waals surface area contributed by atoms with E-state index in [1.165, 1.54) is 0 Å². The summed E-state index contributed by atoms with van der Waals surface area (Å²) in [6.45, 7) is 1.86. The van der Waals surface area contributed by atoms with Gasteiger partial charge < -0.3 is 14.6 Å². The van der Waals surface area contributed by atoms with Crippen molar-refractivity contribution >= 4 is 34.5 Å². The van der Waals surface area contributed by atoms with Gasteiger partial charge in [-0.05, 0) is 25.5 Å². The van der Waals surface area contributed by atoms with E-state index in [-0.39, 0.29) is 22.9 Å². The summed E-state index contributed by atoms with van der Waals surface area (Å²) in [5.41, 5.74) is 0.284. The van der Waals surface area contributed by atoms with Gasteiger partial charge in [-0.3, -0.25) is 9.59 Å². The number of carbonyl (C=O) groups is 2. The van der Waals surface area contributed by atoms with Crippen LogP contribution >= 0.6 is 11.8 Å². The highest BCUT2D eigenvalue weighted by atomic mass is 32.2. The number of H-pyrrole nitrogens is 1. The van der Waals surface area contributed by atoms with E-state index in [2.05, 4.69) is 9.97 Å². The highest BCUT2D eigenvalue weighted by Gasteiger charge is 2.53. The second-order valence-corrected chi connectivity index (χ2v) is 7.90. The van der Waals surface area contributed by atoms with Gasteiger partial charge >= 0.3 is 5.97 Å². The fourth-order valence-corrected chi connectivity index (χ4v) is 4.85. The Labute approximate surface area is 147 Å². The van der Waals surface area contributed by atoms with Crippen molar-refractivity contribution in [2.24, 2.45) is 0 Å². The normalized spacial score (nSPS) is 25.4. The molecule has 8 heteroatoms. The van der Waals surface area contributed by atoms with Crippen molar-refractivity contribution in [1.82, 2.24) is 14.9 Å². The topological polar surface area (TPSA) is 92.4 Å². The number of nitrogens with one attached hydrogen (secondary N) is 1. The summed E-state index contributed by atoms with van der Waals surface area (Å²) in [6.07, 6.45) is 1.21. The zero-order chi connectivity index (χ0) is 17.6. The molecule has 130 valence electrons. The number of amides is 1. The first kappa shape index (κ1) is 16.1. The first-order valence-corrected chi connectivity index (χ1v) is 9.07. The molecule has 0 spiro atoms. The van der Waals surface area contributed by atoms with Crippen LogP contribution in [0.5, 0.6) is 0 Å². The lowest BCUT2D eigenvalue weighted by atomic mass is 10.2. The monoisotopic (exact) mass is 359 g/mol. The molecule has 0 unspecified atom stereocenters. The predicted molar refractivity (Wildman–Crippen MR) is 92.9 cm³/mol. The molecule has 7 nitrogen and oxygen atoms in total. The van der Waals surface area contributed by atoms with Gasteiger partial charge in [0, 0.05) is 12.2 Å². The molecule has 0 bridgehead atoms. The smallest absolute Gasteiger partial charge is 0.330 e. The Hall–Kier alpha value is -2.35. The van der Waals surface area contributed by atoms with Crippen molar-refractivity contribution in [2.75, 3.05) is 5.75 Å². The molecule has 0 radical (unpaired) electrons. The second kappa shape index (κ2) is 5.87. The number of ether oxygens (including phenoxy) is 1. The molecule has 2 aliphatic rings. The van der Waals surface area contributed by atoms with Crippen molar-refractivity contribution in [3.63, 3.8) is 0 Å². The number of rotatable bonds is 3. The standard InChI is InChI=1S/C17H17N3O4S/c1-17-7-6-14(21)20(17)12(9-25-17)16(23)24-8-13-18-11-5-3-2-4-10(11)15(22)19-13/h2-5,12H,6-9H2,1H3,(H,18,19,22)/t12-,17-/m0/s1. The van der Waals surface area contributed by atoms with Crippen LogP contribution in [-0.4, -0.2) is 43.4 Å². The molecule has 2 saturated heterocycles. The van der Waals surface area contributed by atoms with Crippen molar-refractivity contribution in [3.05, 3.63) is 40.4 Å². The van der Waals surface area contributed by atoms with Gasteiger partial charge in [-0.25, -0.2) is 9.78 Å². The molecule has 1 N–H and O–H groups in total. The minimum absolute atomic E-state index is 0.00770. The third kappa shape index (κ3) is 2.70. The molecule has 3 heterocycles. The Morgan fingerprint density at radius 1 is 1.44 bits per heavy atom. The Kier molecular flexibility index (Phi) is 3.79. The number of aromatic amines is 1. The van der Waals surface area contributed by atoms with Crippen LogP contribution in [0.25, 0.3) is 10.9 Å². The van der Waals surface area contributed by atoms with Crippen LogP contribution in [0.3, 0.4) is 0 Å². The van der Waals surface area contributed by atoms with Gasteiger partial charge in [0.1, 0.15) is 18.5 Å². The molecule has 0 saturated carbocycles. The number of thioether (sulfide) groups is 1. The number of fused-ring (bicyclic) bond motifs is 2. The number of para-hydroxylation sites is 1. The number of hydrogen-bond acceptors (Lipinski definition) is 6. The maximum Gasteiger partial charge on any atom is 0.330 e. The summed E-state index contributed by atoms with van der Waals surface area (Å²) in [4.78, 5) is 44.9. The third-order valence-corrected chi connectivity index (χ3v) is 6.24. The van der Waals surface area contributed by atoms with Gasteiger partial charge in [0.2, 0.25) is 5.91 Å². The van der Waals surface area contributed by atoms with E-state index in [9.17, 15) is 14.4 Å². The molecular formula is C17H17N3O4S. The maximum absolute atomic E-state index is 12.4. The zero-order valence-corrected chi connectivity index (χ0v) is 14.5. The molecule has 0 aliphatic carbocycles. The van der Waals surface area contributed by atoms with Gasteiger partial charge in [-0.15, -0.1) is 11.8 Å². The average molecular weight is 359 g/mol. The number of esters is 1. The molecule has 1 amide bonds. The summed E-state index contributed by atoms with van der Waals surface area (Å²) < 4.78 is 5.34. The van der Waals surface area contributed by atoms with E-state index in [0.29, 0.717) is 28.9 Å². The fourth-order valence-electron chi connectivity index (χ4n) is 3.43. The van der Waals surface area contributed by atoms with E-state index >= 15 is 0 Å². The maximum atomic E-state index is 12.4. The number of carbonyl (C=O) groups excluding carboxylic acids is 2. The van der Waals surface area contributed by atoms with E-state index in [1.54, 1.807) is 40.9 Å². The summed E-state index contributed by atoms with van der Waals surface area (Å²) in [7, 11) is 0. The number of hydrogen-bond donors (Lipinski definition) is 1. The van der Waals surface area contributed by atoms with Gasteiger partial charge in [-0.1, -0.05) is 12.1 Å². The van der Waals surface area contributed by atoms with Crippen LogP contribution in [0.4, 0.5) is 0 Å². The molecule has 25 heavy (non-hydrogen) atoms. The van der Waals surface area contributed by atoms with Crippen LogP contribution in [0.1, 0.15) is 25.6 Å². The summed E-state index contributed by atoms with van der Waals surface area (Å²) in [6, 6.07) is 6.41. The zero-order valence-electron chi connectivity index (χ0n) is 13.7. The quantitative estimate of drug-likeness (QED) is 0.834. The Morgan fingerprint density at radius 2 is 2.24 bits per heavy atom. The second-order valence-electron chi connectivity index (χ2n) is 6.40. The third-order valence-electron chi connectivity index (χ3n) is 4.73. The van der Waals surface area contributed by atoms with Crippen LogP contribution < -0.4 is 5.56 Å². The summed E-state index contributed by atoms with van der Waals surface area (Å²) >= 11 is 1.61. The van der Waals surface area contributed by atoms with Crippen molar-refractivity contribution < 1.29 is 14.3 Å². The molecule has 2 fully saturated rings. The van der Waals surface area contributed by atoms with E-state index in [4.69, 9.17) is 4.74 Å². The molecule has 1 aromatic carbocycles. The highest BCUT2D eigenvalue weighted by Crippen LogP contribution is 2.47. The van der Waals surface area contributed by atoms with Crippen molar-refractivity contribution in [3.8, 4) is 0 Å². The molecule has 1 aromatic heterocycles. The lowest BCUT2D eigenvalue weighted by Gasteiger charge is -2.29. The van der Waals surface area contributed by atoms with Crippen molar-refractivity contribution in [1.29, 1.82) is 0 Å². The summed E-state index contributed by atoms with van der Waals surface area (Å²) in [5, 5.41) is 0.489. The minimum atomic E-state index is -0.572. The molecular weight excluding hydrogens is 342 g/mol. The molecule has 2 aromatic rings. The lowest BCUT2D eigenvalue weighted by molar-refractivity contribution is -0.154. The van der Waals surface area contributed by atoms with Crippen LogP contribution in [0.2, 0.25) is 0 Å². The first-order valence-electron chi connectivity index (χ1n) is 8.09. The fraction of sp³-hybridized carbons (Fsp3) is 0.412. The van der Waals surface area contributed by atoms with Crippen LogP contribution in [0.15, 0.2) is 29.1 Å². The minimum Gasteiger partial charge on any atom is -0.456 e. The Morgan fingerprint density at radius 3 is 3.08 bits per heavy atom. The number of benzene rings is 1. The SMILES string of the molecule is C[C@]12CCC(=O)N1[C@H](C(=O)OCc1nc3ccccc3c(=O)[nH]1)CS2. The molecule has 2 aliphatic heterocycles. The Bertz CT molecular complexity index is 927. The van der Waals surface area contributed by atoms with Gasteiger partial charge in [0.25, 0.3) is 5.56 Å². The predicted octanol–water partition coefficient (Wildman–Crippen LogP) is 1.42. The molecule has 4 rings (SSSR count). The van der Waals surface area contributed by atoms with E-state index in [1.807, 2.05) is 6.92 Å². The largest absolute Gasteiger partial charge is 0.456 e. The average Bonchev–Trinajstić information content (AvgIpc) is 3.09. The lowest BCUT2D eigenvalue weighted by Crippen LogP contribution is -2.46. The van der Waals surface area contributed by atoms with Crippen LogP contribution in [-0.2, 0) is 20.9 Å². The van der Waals surface area contributed by atoms with Gasteiger partial charge in [0.15, 0.2) is 0 Å². The van der Waals surface area contributed by atoms with Crippen molar-refractivity contribution in [2.45, 2.75) is 37.3 Å². The van der Waals surface area contributed by atoms with E-state index < -0.39 is 12.0 Å². The van der Waals surface area contributed by atoms with Gasteiger partial charge in [-0.2, -0.15) is 0 Å². The Balaban J connectivity index is 1.49. The summed E-state index contributed by atoms with van der Waals surface area (Å²) in [5.74, 6) is 0.357. The molecule has 2 atom stereocenters. The number of aromatic nitrogens is 2. The van der Waals surface area contributed by atoms with Gasteiger partial charge in [0.05, 0.1) is 15.8 Å². The van der Waals surface area contributed by atoms with E-state index in [0.717, 1.165) is 6.42 Å². The number of nitrogens with zero attached hydrogens (tertiary/aromatic N) is 2. The highest BCUT2D eigenvalue weighted by molar-refractivity contribution is 8.01.